The summed E-state index contributed by atoms with van der Waals surface area (Å²) < 4.78 is 4.91. The van der Waals surface area contributed by atoms with Crippen LogP contribution in [0.25, 0.3) is 0 Å². The standard InChI is InChI=1S/C14H20N2O2/c1-2-18-14(17)12(15)8-10-16-9-7-11-5-3-4-6-13(11)16/h3-6,12H,2,7-10,15H2,1H3. The van der Waals surface area contributed by atoms with E-state index < -0.39 is 6.04 Å². The fourth-order valence-electron chi connectivity index (χ4n) is 2.30. The van der Waals surface area contributed by atoms with Crippen molar-refractivity contribution >= 4 is 11.7 Å². The van der Waals surface area contributed by atoms with Gasteiger partial charge in [0.05, 0.1) is 6.61 Å². The van der Waals surface area contributed by atoms with E-state index in [1.807, 2.05) is 6.07 Å². The Morgan fingerprint density at radius 3 is 3.06 bits per heavy atom. The second-order valence-electron chi connectivity index (χ2n) is 4.51. The van der Waals surface area contributed by atoms with Crippen molar-refractivity contribution in [1.82, 2.24) is 0 Å². The Hall–Kier alpha value is -1.55. The topological polar surface area (TPSA) is 55.6 Å². The number of hydrogen-bond acceptors (Lipinski definition) is 4. The minimum absolute atomic E-state index is 0.301. The molecule has 1 aromatic rings. The average Bonchev–Trinajstić information content (AvgIpc) is 2.79. The van der Waals surface area contributed by atoms with Gasteiger partial charge in [0.1, 0.15) is 6.04 Å². The highest BCUT2D eigenvalue weighted by atomic mass is 16.5. The minimum atomic E-state index is -0.516. The number of benzene rings is 1. The largest absolute Gasteiger partial charge is 0.465 e. The molecule has 4 nitrogen and oxygen atoms in total. The van der Waals surface area contributed by atoms with Crippen LogP contribution in [-0.2, 0) is 16.0 Å². The first-order valence-corrected chi connectivity index (χ1v) is 6.47. The van der Waals surface area contributed by atoms with Crippen LogP contribution in [-0.4, -0.2) is 31.7 Å². The van der Waals surface area contributed by atoms with E-state index in [9.17, 15) is 4.79 Å². The lowest BCUT2D eigenvalue weighted by atomic mass is 10.2. The Morgan fingerprint density at radius 2 is 2.28 bits per heavy atom. The van der Waals surface area contributed by atoms with Crippen molar-refractivity contribution in [3.05, 3.63) is 29.8 Å². The molecule has 0 amide bonds. The summed E-state index contributed by atoms with van der Waals surface area (Å²) in [5.41, 5.74) is 8.45. The number of anilines is 1. The number of nitrogens with zero attached hydrogens (tertiary/aromatic N) is 1. The lowest BCUT2D eigenvalue weighted by Crippen LogP contribution is -2.36. The van der Waals surface area contributed by atoms with Gasteiger partial charge in [0.2, 0.25) is 0 Å². The van der Waals surface area contributed by atoms with Gasteiger partial charge in [-0.3, -0.25) is 4.79 Å². The second kappa shape index (κ2) is 5.87. The monoisotopic (exact) mass is 248 g/mol. The highest BCUT2D eigenvalue weighted by Gasteiger charge is 2.21. The van der Waals surface area contributed by atoms with Crippen LogP contribution in [0.5, 0.6) is 0 Å². The van der Waals surface area contributed by atoms with Gasteiger partial charge in [-0.2, -0.15) is 0 Å². The molecule has 4 heteroatoms. The van der Waals surface area contributed by atoms with E-state index in [4.69, 9.17) is 10.5 Å². The molecule has 0 saturated heterocycles. The Morgan fingerprint density at radius 1 is 1.50 bits per heavy atom. The van der Waals surface area contributed by atoms with E-state index in [0.717, 1.165) is 19.5 Å². The number of carbonyl (C=O) groups excluding carboxylic acids is 1. The van der Waals surface area contributed by atoms with Gasteiger partial charge in [0, 0.05) is 18.8 Å². The Kier molecular flexibility index (Phi) is 4.20. The van der Waals surface area contributed by atoms with E-state index in [1.165, 1.54) is 11.3 Å². The maximum Gasteiger partial charge on any atom is 0.322 e. The smallest absolute Gasteiger partial charge is 0.322 e. The molecule has 1 unspecified atom stereocenters. The molecule has 0 aliphatic carbocycles. The van der Waals surface area contributed by atoms with Crippen molar-refractivity contribution in [1.29, 1.82) is 0 Å². The summed E-state index contributed by atoms with van der Waals surface area (Å²) in [4.78, 5) is 13.7. The van der Waals surface area contributed by atoms with Gasteiger partial charge >= 0.3 is 5.97 Å². The molecule has 0 aromatic heterocycles. The molecule has 1 aliphatic heterocycles. The highest BCUT2D eigenvalue weighted by Crippen LogP contribution is 2.27. The van der Waals surface area contributed by atoms with Crippen LogP contribution in [0.3, 0.4) is 0 Å². The van der Waals surface area contributed by atoms with Crippen molar-refractivity contribution in [3.8, 4) is 0 Å². The summed E-state index contributed by atoms with van der Waals surface area (Å²) in [5.74, 6) is -0.301. The maximum absolute atomic E-state index is 11.4. The molecule has 18 heavy (non-hydrogen) atoms. The molecule has 1 aromatic carbocycles. The van der Waals surface area contributed by atoms with Gasteiger partial charge in [-0.1, -0.05) is 18.2 Å². The summed E-state index contributed by atoms with van der Waals surface area (Å²) in [5, 5.41) is 0. The van der Waals surface area contributed by atoms with Crippen LogP contribution in [0.15, 0.2) is 24.3 Å². The van der Waals surface area contributed by atoms with Crippen LogP contribution >= 0.6 is 0 Å². The molecule has 0 spiro atoms. The molecule has 1 aliphatic rings. The maximum atomic E-state index is 11.4. The second-order valence-corrected chi connectivity index (χ2v) is 4.51. The number of rotatable bonds is 5. The third-order valence-electron chi connectivity index (χ3n) is 3.28. The summed E-state index contributed by atoms with van der Waals surface area (Å²) in [7, 11) is 0. The quantitative estimate of drug-likeness (QED) is 0.799. The number of nitrogens with two attached hydrogens (primary N) is 1. The number of carbonyl (C=O) groups is 1. The minimum Gasteiger partial charge on any atom is -0.465 e. The van der Waals surface area contributed by atoms with E-state index in [-0.39, 0.29) is 5.97 Å². The summed E-state index contributed by atoms with van der Waals surface area (Å²) >= 11 is 0. The van der Waals surface area contributed by atoms with Crippen molar-refractivity contribution < 1.29 is 9.53 Å². The molecule has 0 saturated carbocycles. The van der Waals surface area contributed by atoms with Crippen LogP contribution < -0.4 is 10.6 Å². The fraction of sp³-hybridized carbons (Fsp3) is 0.500. The van der Waals surface area contributed by atoms with Crippen LogP contribution in [0.1, 0.15) is 18.9 Å². The van der Waals surface area contributed by atoms with Gasteiger partial charge in [-0.15, -0.1) is 0 Å². The van der Waals surface area contributed by atoms with Crippen molar-refractivity contribution in [2.75, 3.05) is 24.6 Å². The molecule has 0 radical (unpaired) electrons. The average molecular weight is 248 g/mol. The number of para-hydroxylation sites is 1. The third-order valence-corrected chi connectivity index (χ3v) is 3.28. The van der Waals surface area contributed by atoms with Crippen LogP contribution in [0.4, 0.5) is 5.69 Å². The first-order chi connectivity index (χ1) is 8.72. The molecule has 2 rings (SSSR count). The first kappa shape index (κ1) is 12.9. The molecule has 2 N–H and O–H groups in total. The molecular formula is C14H20N2O2. The Balaban J connectivity index is 1.87. The molecule has 1 atom stereocenters. The highest BCUT2D eigenvalue weighted by molar-refractivity contribution is 5.75. The van der Waals surface area contributed by atoms with Crippen molar-refractivity contribution in [3.63, 3.8) is 0 Å². The van der Waals surface area contributed by atoms with E-state index in [0.29, 0.717) is 13.0 Å². The van der Waals surface area contributed by atoms with Gasteiger partial charge in [-0.25, -0.2) is 0 Å². The van der Waals surface area contributed by atoms with E-state index >= 15 is 0 Å². The molecule has 0 bridgehead atoms. The Labute approximate surface area is 108 Å². The third kappa shape index (κ3) is 2.82. The lowest BCUT2D eigenvalue weighted by molar-refractivity contribution is -0.144. The van der Waals surface area contributed by atoms with Gasteiger partial charge in [0.15, 0.2) is 0 Å². The van der Waals surface area contributed by atoms with Gasteiger partial charge in [0.25, 0.3) is 0 Å². The van der Waals surface area contributed by atoms with Crippen LogP contribution in [0.2, 0.25) is 0 Å². The molecule has 98 valence electrons. The predicted molar refractivity (Wildman–Crippen MR) is 71.6 cm³/mol. The number of ether oxygens (including phenoxy) is 1. The summed E-state index contributed by atoms with van der Waals surface area (Å²) in [6, 6.07) is 7.87. The Bertz CT molecular complexity index is 420. The van der Waals surface area contributed by atoms with Gasteiger partial charge < -0.3 is 15.4 Å². The molecule has 1 heterocycles. The van der Waals surface area contributed by atoms with Crippen molar-refractivity contribution in [2.24, 2.45) is 5.73 Å². The van der Waals surface area contributed by atoms with E-state index in [2.05, 4.69) is 23.1 Å². The first-order valence-electron chi connectivity index (χ1n) is 6.47. The summed E-state index contributed by atoms with van der Waals surface area (Å²) in [6.07, 6.45) is 1.71. The zero-order chi connectivity index (χ0) is 13.0. The fourth-order valence-corrected chi connectivity index (χ4v) is 2.30. The molecular weight excluding hydrogens is 228 g/mol. The number of esters is 1. The SMILES string of the molecule is CCOC(=O)C(N)CCN1CCc2ccccc21. The molecule has 0 fully saturated rings. The number of hydrogen-bond donors (Lipinski definition) is 1. The number of fused-ring (bicyclic) bond motifs is 1. The zero-order valence-corrected chi connectivity index (χ0v) is 10.8. The lowest BCUT2D eigenvalue weighted by Gasteiger charge is -2.20. The zero-order valence-electron chi connectivity index (χ0n) is 10.8. The van der Waals surface area contributed by atoms with E-state index in [1.54, 1.807) is 6.92 Å². The van der Waals surface area contributed by atoms with Crippen LogP contribution in [0, 0.1) is 0 Å². The van der Waals surface area contributed by atoms with Gasteiger partial charge in [-0.05, 0) is 31.4 Å². The predicted octanol–water partition coefficient (Wildman–Crippen LogP) is 1.33. The van der Waals surface area contributed by atoms with Crippen molar-refractivity contribution in [2.45, 2.75) is 25.8 Å². The summed E-state index contributed by atoms with van der Waals surface area (Å²) in [6.45, 7) is 3.99. The normalized spacial score (nSPS) is 15.3.